The van der Waals surface area contributed by atoms with Crippen molar-refractivity contribution in [2.24, 2.45) is 0 Å². The Balaban J connectivity index is 2.04. The van der Waals surface area contributed by atoms with Gasteiger partial charge in [-0.1, -0.05) is 0 Å². The minimum absolute atomic E-state index is 0.416. The smallest absolute Gasteiger partial charge is 0.110 e. The monoisotopic (exact) mass is 287 g/mol. The van der Waals surface area contributed by atoms with Crippen LogP contribution in [0.2, 0.25) is 0 Å². The van der Waals surface area contributed by atoms with Crippen molar-refractivity contribution in [3.8, 4) is 0 Å². The van der Waals surface area contributed by atoms with E-state index in [1.165, 1.54) is 24.4 Å². The summed E-state index contributed by atoms with van der Waals surface area (Å²) in [6.45, 7) is 4.60. The Morgan fingerprint density at radius 3 is 3.00 bits per heavy atom. The Labute approximate surface area is 119 Å². The molecule has 102 valence electrons. The maximum Gasteiger partial charge on any atom is 0.110 e. The molecule has 1 aromatic heterocycles. The second kappa shape index (κ2) is 6.33. The average Bonchev–Trinajstić information content (AvgIpc) is 2.95. The number of likely N-dealkylation sites (tertiary alicyclic amines) is 1. The van der Waals surface area contributed by atoms with Gasteiger partial charge in [-0.2, -0.15) is 0 Å². The van der Waals surface area contributed by atoms with Gasteiger partial charge >= 0.3 is 0 Å². The number of halogens is 1. The number of nitrogens with zero attached hydrogens (tertiary/aromatic N) is 3. The fourth-order valence-electron chi connectivity index (χ4n) is 2.70. The van der Waals surface area contributed by atoms with Gasteiger partial charge in [-0.15, -0.1) is 22.9 Å². The molecular weight excluding hydrogens is 266 g/mol. The second-order valence-electron chi connectivity index (χ2n) is 5.28. The molecule has 2 rings (SSSR count). The van der Waals surface area contributed by atoms with Crippen LogP contribution in [0.1, 0.15) is 36.5 Å². The molecule has 1 aliphatic heterocycles. The normalized spacial score (nSPS) is 22.8. The van der Waals surface area contributed by atoms with E-state index in [4.69, 9.17) is 11.6 Å². The van der Waals surface area contributed by atoms with Crippen molar-refractivity contribution in [1.82, 2.24) is 14.8 Å². The van der Waals surface area contributed by atoms with Crippen LogP contribution in [-0.2, 0) is 5.88 Å². The first-order valence-electron chi connectivity index (χ1n) is 6.52. The zero-order valence-corrected chi connectivity index (χ0v) is 13.0. The van der Waals surface area contributed by atoms with Crippen molar-refractivity contribution in [3.05, 3.63) is 16.1 Å². The Morgan fingerprint density at radius 1 is 1.61 bits per heavy atom. The summed E-state index contributed by atoms with van der Waals surface area (Å²) in [4.78, 5) is 9.49. The lowest BCUT2D eigenvalue weighted by atomic mass is 10.2. The third kappa shape index (κ3) is 3.23. The van der Waals surface area contributed by atoms with Crippen molar-refractivity contribution in [1.29, 1.82) is 0 Å². The molecule has 0 bridgehead atoms. The molecule has 0 N–H and O–H groups in total. The summed E-state index contributed by atoms with van der Waals surface area (Å²) in [5.74, 6) is 0.518. The zero-order valence-electron chi connectivity index (χ0n) is 11.4. The van der Waals surface area contributed by atoms with Crippen molar-refractivity contribution in [3.63, 3.8) is 0 Å². The topological polar surface area (TPSA) is 19.4 Å². The van der Waals surface area contributed by atoms with Gasteiger partial charge in [-0.3, -0.25) is 4.90 Å². The summed E-state index contributed by atoms with van der Waals surface area (Å²) >= 11 is 7.57. The average molecular weight is 288 g/mol. The molecule has 0 amide bonds. The van der Waals surface area contributed by atoms with E-state index < -0.39 is 0 Å². The van der Waals surface area contributed by atoms with E-state index in [2.05, 4.69) is 41.2 Å². The van der Waals surface area contributed by atoms with Crippen LogP contribution in [0.15, 0.2) is 5.38 Å². The molecular formula is C13H22ClN3S. The van der Waals surface area contributed by atoms with Crippen molar-refractivity contribution in [2.45, 2.75) is 37.7 Å². The maximum atomic E-state index is 5.83. The number of rotatable bonds is 5. The van der Waals surface area contributed by atoms with Crippen LogP contribution in [0.4, 0.5) is 0 Å². The summed E-state index contributed by atoms with van der Waals surface area (Å²) < 4.78 is 0. The summed E-state index contributed by atoms with van der Waals surface area (Å²) in [6.07, 6.45) is 2.60. The van der Waals surface area contributed by atoms with E-state index in [9.17, 15) is 0 Å². The lowest BCUT2D eigenvalue weighted by Crippen LogP contribution is -2.38. The van der Waals surface area contributed by atoms with E-state index >= 15 is 0 Å². The molecule has 0 saturated carbocycles. The highest BCUT2D eigenvalue weighted by Crippen LogP contribution is 2.31. The molecule has 5 heteroatoms. The third-order valence-electron chi connectivity index (χ3n) is 3.56. The zero-order chi connectivity index (χ0) is 13.1. The first-order valence-corrected chi connectivity index (χ1v) is 7.94. The molecule has 0 aromatic carbocycles. The predicted octanol–water partition coefficient (Wildman–Crippen LogP) is 2.97. The van der Waals surface area contributed by atoms with Crippen LogP contribution in [-0.4, -0.2) is 48.0 Å². The molecule has 0 spiro atoms. The quantitative estimate of drug-likeness (QED) is 0.776. The van der Waals surface area contributed by atoms with Gasteiger partial charge in [0.2, 0.25) is 0 Å². The molecule has 3 nitrogen and oxygen atoms in total. The molecule has 2 atom stereocenters. The number of thiazole rings is 1. The molecule has 2 unspecified atom stereocenters. The Morgan fingerprint density at radius 2 is 2.39 bits per heavy atom. The number of alkyl halides is 1. The van der Waals surface area contributed by atoms with Gasteiger partial charge in [0, 0.05) is 18.0 Å². The minimum Gasteiger partial charge on any atom is -0.308 e. The molecule has 0 aliphatic carbocycles. The van der Waals surface area contributed by atoms with Gasteiger partial charge in [0.15, 0.2) is 0 Å². The molecule has 1 aliphatic rings. The first-order chi connectivity index (χ1) is 8.61. The lowest BCUT2D eigenvalue weighted by molar-refractivity contribution is 0.162. The fourth-order valence-corrected chi connectivity index (χ4v) is 3.83. The van der Waals surface area contributed by atoms with Gasteiger partial charge < -0.3 is 4.90 Å². The summed E-state index contributed by atoms with van der Waals surface area (Å²) in [5, 5.41) is 3.28. The molecule has 0 radical (unpaired) electrons. The molecule has 18 heavy (non-hydrogen) atoms. The standard InChI is InChI=1S/C13H22ClN3S/c1-10(13-15-11(7-14)9-18-13)17-6-4-5-12(17)8-16(2)3/h9-10,12H,4-8H2,1-3H3. The number of likely N-dealkylation sites (N-methyl/N-ethyl adjacent to an activating group) is 1. The van der Waals surface area contributed by atoms with Crippen molar-refractivity contribution < 1.29 is 0 Å². The maximum absolute atomic E-state index is 5.83. The summed E-state index contributed by atoms with van der Waals surface area (Å²) in [5.41, 5.74) is 1.01. The molecule has 1 saturated heterocycles. The highest BCUT2D eigenvalue weighted by molar-refractivity contribution is 7.09. The summed E-state index contributed by atoms with van der Waals surface area (Å²) in [7, 11) is 4.30. The Bertz CT molecular complexity index is 380. The Kier molecular flexibility index (Phi) is 5.01. The second-order valence-corrected chi connectivity index (χ2v) is 6.44. The molecule has 2 heterocycles. The van der Waals surface area contributed by atoms with Crippen LogP contribution < -0.4 is 0 Å². The van der Waals surface area contributed by atoms with Crippen molar-refractivity contribution >= 4 is 22.9 Å². The predicted molar refractivity (Wildman–Crippen MR) is 78.4 cm³/mol. The van der Waals surface area contributed by atoms with Crippen LogP contribution in [0.25, 0.3) is 0 Å². The largest absolute Gasteiger partial charge is 0.308 e. The van der Waals surface area contributed by atoms with Crippen LogP contribution in [0.3, 0.4) is 0 Å². The first kappa shape index (κ1) is 14.3. The van der Waals surface area contributed by atoms with Crippen LogP contribution in [0, 0.1) is 0 Å². The van der Waals surface area contributed by atoms with Gasteiger partial charge in [-0.25, -0.2) is 4.98 Å². The molecule has 1 fully saturated rings. The number of hydrogen-bond donors (Lipinski definition) is 0. The third-order valence-corrected chi connectivity index (χ3v) is 4.90. The Hall–Kier alpha value is -0.160. The van der Waals surface area contributed by atoms with Crippen LogP contribution >= 0.6 is 22.9 Å². The summed E-state index contributed by atoms with van der Waals surface area (Å²) in [6, 6.07) is 1.08. The highest BCUT2D eigenvalue weighted by Gasteiger charge is 2.30. The van der Waals surface area contributed by atoms with Crippen molar-refractivity contribution in [2.75, 3.05) is 27.2 Å². The lowest BCUT2D eigenvalue weighted by Gasteiger charge is -2.31. The van der Waals surface area contributed by atoms with E-state index in [0.29, 0.717) is 18.0 Å². The van der Waals surface area contributed by atoms with Gasteiger partial charge in [0.25, 0.3) is 0 Å². The van der Waals surface area contributed by atoms with E-state index in [1.807, 2.05) is 0 Å². The highest BCUT2D eigenvalue weighted by atomic mass is 35.5. The van der Waals surface area contributed by atoms with Gasteiger partial charge in [-0.05, 0) is 40.4 Å². The molecule has 1 aromatic rings. The van der Waals surface area contributed by atoms with E-state index in [0.717, 1.165) is 12.2 Å². The number of aromatic nitrogens is 1. The van der Waals surface area contributed by atoms with Crippen LogP contribution in [0.5, 0.6) is 0 Å². The van der Waals surface area contributed by atoms with E-state index in [-0.39, 0.29) is 0 Å². The van der Waals surface area contributed by atoms with Gasteiger partial charge in [0.1, 0.15) is 5.01 Å². The SMILES string of the molecule is CC(c1nc(CCl)cs1)N1CCCC1CN(C)C. The van der Waals surface area contributed by atoms with E-state index in [1.54, 1.807) is 11.3 Å². The van der Waals surface area contributed by atoms with Gasteiger partial charge in [0.05, 0.1) is 17.6 Å². The fraction of sp³-hybridized carbons (Fsp3) is 0.769. The minimum atomic E-state index is 0.416. The number of hydrogen-bond acceptors (Lipinski definition) is 4.